The van der Waals surface area contributed by atoms with Crippen LogP contribution in [0.15, 0.2) is 30.3 Å². The van der Waals surface area contributed by atoms with E-state index in [0.29, 0.717) is 11.8 Å². The van der Waals surface area contributed by atoms with Crippen LogP contribution in [0, 0.1) is 47.3 Å². The molecule has 5 aliphatic rings. The molecule has 5 aliphatic carbocycles. The van der Waals surface area contributed by atoms with Crippen LogP contribution in [0.1, 0.15) is 12.0 Å². The van der Waals surface area contributed by atoms with Gasteiger partial charge in [0.15, 0.2) is 0 Å². The second-order valence-corrected chi connectivity index (χ2v) is 7.69. The summed E-state index contributed by atoms with van der Waals surface area (Å²) in [5.41, 5.74) is -0.0935. The van der Waals surface area contributed by atoms with Crippen molar-refractivity contribution >= 4 is 0 Å². The summed E-state index contributed by atoms with van der Waals surface area (Å²) in [5, 5.41) is 11.4. The summed E-state index contributed by atoms with van der Waals surface area (Å²) < 4.78 is 29.3. The van der Waals surface area contributed by atoms with Crippen molar-refractivity contribution < 1.29 is 13.9 Å². The molecule has 0 aromatic heterocycles. The lowest BCUT2D eigenvalue weighted by Crippen LogP contribution is -2.59. The lowest BCUT2D eigenvalue weighted by molar-refractivity contribution is -0.238. The number of fused-ring (bicyclic) bond motifs is 2. The number of hydrogen-bond donors (Lipinski definition) is 1. The van der Waals surface area contributed by atoms with Crippen LogP contribution in [-0.2, 0) is 5.60 Å². The maximum Gasteiger partial charge on any atom is 0.255 e. The molecule has 0 aliphatic heterocycles. The van der Waals surface area contributed by atoms with Gasteiger partial charge in [0.25, 0.3) is 5.92 Å². The predicted molar refractivity (Wildman–Crippen MR) is 67.8 cm³/mol. The zero-order valence-corrected chi connectivity index (χ0v) is 10.9. The maximum absolute atomic E-state index is 14.6. The Morgan fingerprint density at radius 1 is 0.900 bits per heavy atom. The van der Waals surface area contributed by atoms with Crippen molar-refractivity contribution in [2.24, 2.45) is 47.3 Å². The summed E-state index contributed by atoms with van der Waals surface area (Å²) in [6.07, 6.45) is 0.947. The molecule has 0 saturated heterocycles. The molecule has 0 radical (unpaired) electrons. The van der Waals surface area contributed by atoms with Gasteiger partial charge in [-0.3, -0.25) is 0 Å². The van der Waals surface area contributed by atoms with E-state index in [2.05, 4.69) is 0 Å². The van der Waals surface area contributed by atoms with Gasteiger partial charge in [-0.25, -0.2) is 8.78 Å². The van der Waals surface area contributed by atoms with Crippen LogP contribution in [0.25, 0.3) is 0 Å². The van der Waals surface area contributed by atoms with E-state index in [-0.39, 0.29) is 23.7 Å². The molecular formula is C17H16F2O. The highest BCUT2D eigenvalue weighted by Gasteiger charge is 2.92. The number of rotatable bonds is 1. The third kappa shape index (κ3) is 0.739. The van der Waals surface area contributed by atoms with Gasteiger partial charge < -0.3 is 5.11 Å². The fourth-order valence-corrected chi connectivity index (χ4v) is 7.57. The van der Waals surface area contributed by atoms with E-state index in [4.69, 9.17) is 0 Å². The summed E-state index contributed by atoms with van der Waals surface area (Å²) in [6, 6.07) is 9.62. The normalized spacial score (nSPS) is 62.1. The van der Waals surface area contributed by atoms with Crippen LogP contribution in [0.4, 0.5) is 8.78 Å². The fourth-order valence-electron chi connectivity index (χ4n) is 7.57. The van der Waals surface area contributed by atoms with Crippen molar-refractivity contribution in [3.05, 3.63) is 35.9 Å². The second-order valence-electron chi connectivity index (χ2n) is 7.69. The van der Waals surface area contributed by atoms with Crippen molar-refractivity contribution in [1.82, 2.24) is 0 Å². The lowest BCUT2D eigenvalue weighted by Gasteiger charge is -2.54. The summed E-state index contributed by atoms with van der Waals surface area (Å²) in [5.74, 6) is -2.85. The van der Waals surface area contributed by atoms with E-state index in [1.165, 1.54) is 0 Å². The molecule has 9 atom stereocenters. The molecule has 5 saturated carbocycles. The molecule has 2 bridgehead atoms. The molecule has 104 valence electrons. The van der Waals surface area contributed by atoms with Crippen LogP contribution in [0.5, 0.6) is 0 Å². The molecule has 1 N–H and O–H groups in total. The molecule has 5 fully saturated rings. The fraction of sp³-hybridized carbons (Fsp3) is 0.647. The van der Waals surface area contributed by atoms with E-state index in [0.717, 1.165) is 12.0 Å². The Morgan fingerprint density at radius 3 is 2.30 bits per heavy atom. The molecule has 1 nitrogen and oxygen atoms in total. The zero-order valence-electron chi connectivity index (χ0n) is 10.9. The highest BCUT2D eigenvalue weighted by molar-refractivity contribution is 5.41. The summed E-state index contributed by atoms with van der Waals surface area (Å²) in [6.45, 7) is 0. The van der Waals surface area contributed by atoms with Gasteiger partial charge in [0.2, 0.25) is 0 Å². The van der Waals surface area contributed by atoms with Crippen LogP contribution >= 0.6 is 0 Å². The average molecular weight is 274 g/mol. The smallest absolute Gasteiger partial charge is 0.255 e. The minimum absolute atomic E-state index is 0.191. The standard InChI is InChI=1S/C17H16F2O/c18-17(19)13-9-6-8-10-11(9)15(17)14(10)16(20,12(8)13)7-4-2-1-3-5-7/h1-5,8-15,20H,6H2/t8-,9-,10+,11+,12+,13-,14+,15+,16-/m0/s1. The van der Waals surface area contributed by atoms with E-state index < -0.39 is 23.4 Å². The second kappa shape index (κ2) is 2.70. The molecule has 20 heavy (non-hydrogen) atoms. The number of aliphatic hydroxyl groups is 1. The first-order chi connectivity index (χ1) is 9.58. The number of halogens is 2. The third-order valence-electron chi connectivity index (χ3n) is 7.64. The largest absolute Gasteiger partial charge is 0.385 e. The van der Waals surface area contributed by atoms with Gasteiger partial charge in [0.05, 0.1) is 5.60 Å². The van der Waals surface area contributed by atoms with Crippen LogP contribution in [-0.4, -0.2) is 11.0 Å². The minimum atomic E-state index is -2.52. The number of hydrogen-bond acceptors (Lipinski definition) is 1. The first-order valence-electron chi connectivity index (χ1n) is 7.73. The Hall–Kier alpha value is -0.960. The quantitative estimate of drug-likeness (QED) is 0.835. The van der Waals surface area contributed by atoms with Gasteiger partial charge >= 0.3 is 0 Å². The minimum Gasteiger partial charge on any atom is -0.385 e. The van der Waals surface area contributed by atoms with Crippen molar-refractivity contribution in [2.75, 3.05) is 0 Å². The molecule has 6 rings (SSSR count). The Balaban J connectivity index is 1.62. The third-order valence-corrected chi connectivity index (χ3v) is 7.64. The van der Waals surface area contributed by atoms with E-state index in [1.807, 2.05) is 30.3 Å². The predicted octanol–water partition coefficient (Wildman–Crippen LogP) is 2.90. The molecule has 0 spiro atoms. The highest BCUT2D eigenvalue weighted by Crippen LogP contribution is 2.89. The van der Waals surface area contributed by atoms with Gasteiger partial charge in [-0.05, 0) is 35.7 Å². The SMILES string of the molecule is O[C@@]1(c2ccccc2)[C@@H]2[C@H]3C[C@H]4[C@@H]5[C@@H]3[C@@H]1[C@@H]5C(F)(F)[C@@H]42. The first-order valence-corrected chi connectivity index (χ1v) is 7.73. The van der Waals surface area contributed by atoms with Crippen molar-refractivity contribution in [1.29, 1.82) is 0 Å². The van der Waals surface area contributed by atoms with E-state index in [1.54, 1.807) is 0 Å². The maximum atomic E-state index is 14.6. The van der Waals surface area contributed by atoms with Crippen molar-refractivity contribution in [3.8, 4) is 0 Å². The number of alkyl halides is 2. The first kappa shape index (κ1) is 10.7. The molecule has 0 heterocycles. The summed E-state index contributed by atoms with van der Waals surface area (Å²) >= 11 is 0. The van der Waals surface area contributed by atoms with E-state index >= 15 is 0 Å². The highest BCUT2D eigenvalue weighted by atomic mass is 19.3. The molecule has 3 heteroatoms. The Labute approximate surface area is 116 Å². The van der Waals surface area contributed by atoms with Gasteiger partial charge in [0, 0.05) is 23.7 Å². The van der Waals surface area contributed by atoms with Crippen LogP contribution < -0.4 is 0 Å². The zero-order chi connectivity index (χ0) is 13.4. The summed E-state index contributed by atoms with van der Waals surface area (Å²) in [4.78, 5) is 0. The average Bonchev–Trinajstić information content (AvgIpc) is 2.91. The number of benzene rings is 1. The van der Waals surface area contributed by atoms with Crippen molar-refractivity contribution in [2.45, 2.75) is 17.9 Å². The van der Waals surface area contributed by atoms with Crippen molar-refractivity contribution in [3.63, 3.8) is 0 Å². The molecular weight excluding hydrogens is 258 g/mol. The van der Waals surface area contributed by atoms with Gasteiger partial charge in [-0.15, -0.1) is 0 Å². The van der Waals surface area contributed by atoms with E-state index in [9.17, 15) is 13.9 Å². The lowest BCUT2D eigenvalue weighted by atomic mass is 9.54. The van der Waals surface area contributed by atoms with Gasteiger partial charge in [-0.2, -0.15) is 0 Å². The topological polar surface area (TPSA) is 20.2 Å². The summed E-state index contributed by atoms with van der Waals surface area (Å²) in [7, 11) is 0. The monoisotopic (exact) mass is 274 g/mol. The molecule has 0 amide bonds. The Bertz CT molecular complexity index is 629. The molecule has 1 aromatic carbocycles. The van der Waals surface area contributed by atoms with Gasteiger partial charge in [-0.1, -0.05) is 30.3 Å². The molecule has 0 unspecified atom stereocenters. The Morgan fingerprint density at radius 2 is 1.55 bits per heavy atom. The van der Waals surface area contributed by atoms with Crippen LogP contribution in [0.3, 0.4) is 0 Å². The molecule has 1 aromatic rings. The Kier molecular flexibility index (Phi) is 1.45. The van der Waals surface area contributed by atoms with Crippen LogP contribution in [0.2, 0.25) is 0 Å². The van der Waals surface area contributed by atoms with Gasteiger partial charge in [0.1, 0.15) is 0 Å².